The van der Waals surface area contributed by atoms with E-state index >= 15 is 0 Å². The second kappa shape index (κ2) is 6.54. The topological polar surface area (TPSA) is 80.3 Å². The van der Waals surface area contributed by atoms with Gasteiger partial charge in [-0.05, 0) is 24.6 Å². The van der Waals surface area contributed by atoms with Crippen LogP contribution < -0.4 is 14.2 Å². The zero-order chi connectivity index (χ0) is 21.1. The highest BCUT2D eigenvalue weighted by molar-refractivity contribution is 6.48. The number of Topliss-reactive ketones (excluding diaryl/α,β-unsaturated/α-hetero) is 1. The molecule has 3 atom stereocenters. The molecule has 0 spiro atoms. The summed E-state index contributed by atoms with van der Waals surface area (Å²) in [5.41, 5.74) is 1.93. The average molecular weight is 400 g/mol. The van der Waals surface area contributed by atoms with E-state index < -0.39 is 17.2 Å². The van der Waals surface area contributed by atoms with Crippen LogP contribution in [-0.4, -0.2) is 45.6 Å². The largest absolute Gasteiger partial charge is 0.493 e. The number of hydrogen-bond acceptors (Lipinski definition) is 7. The molecule has 0 radical (unpaired) electrons. The van der Waals surface area contributed by atoms with Gasteiger partial charge in [0.2, 0.25) is 17.3 Å². The average Bonchev–Trinajstić information content (AvgIpc) is 2.70. The number of methoxy groups -OCH3 is 4. The van der Waals surface area contributed by atoms with Crippen molar-refractivity contribution in [3.05, 3.63) is 40.4 Å². The Morgan fingerprint density at radius 3 is 2.31 bits per heavy atom. The van der Waals surface area contributed by atoms with Crippen LogP contribution in [0.2, 0.25) is 0 Å². The molecule has 4 rings (SSSR count). The summed E-state index contributed by atoms with van der Waals surface area (Å²) in [6.45, 7) is 4.09. The Kier molecular flexibility index (Phi) is 4.37. The minimum Gasteiger partial charge on any atom is -0.493 e. The van der Waals surface area contributed by atoms with Crippen molar-refractivity contribution in [3.8, 4) is 17.2 Å². The molecule has 1 aromatic carbocycles. The maximum atomic E-state index is 12.4. The molecule has 1 unspecified atom stereocenters. The Morgan fingerprint density at radius 2 is 1.72 bits per heavy atom. The molecule has 3 aliphatic rings. The van der Waals surface area contributed by atoms with Crippen LogP contribution in [0.1, 0.15) is 30.9 Å². The van der Waals surface area contributed by atoms with Gasteiger partial charge in [-0.15, -0.1) is 0 Å². The summed E-state index contributed by atoms with van der Waals surface area (Å²) < 4.78 is 28.4. The molecule has 1 heterocycles. The Hall–Kier alpha value is -2.96. The molecule has 1 aliphatic heterocycles. The molecule has 154 valence electrons. The van der Waals surface area contributed by atoms with Crippen molar-refractivity contribution >= 4 is 11.6 Å². The maximum Gasteiger partial charge on any atom is 0.271 e. The van der Waals surface area contributed by atoms with Crippen molar-refractivity contribution in [2.75, 3.05) is 28.4 Å². The molecule has 1 fully saturated rings. The third kappa shape index (κ3) is 2.49. The summed E-state index contributed by atoms with van der Waals surface area (Å²) in [4.78, 5) is 24.7. The molecule has 0 aromatic heterocycles. The summed E-state index contributed by atoms with van der Waals surface area (Å²) in [6, 6.07) is 1.93. The first-order valence-electron chi connectivity index (χ1n) is 9.40. The molecule has 0 saturated carbocycles. The standard InChI is InChI=1S/C22H24O7/c1-10-16-11-8-15(25-3)20(27-5)18(26-4)13(11)9-22(10,2)29-19-12(16)7-14(23)17(24)21(19)28-6/h7-8,10,16H,9H2,1-6H3/t10-,16?,22-/m0/s1. The summed E-state index contributed by atoms with van der Waals surface area (Å²) >= 11 is 0. The van der Waals surface area contributed by atoms with Gasteiger partial charge in [-0.3, -0.25) is 9.59 Å². The van der Waals surface area contributed by atoms with Gasteiger partial charge in [-0.2, -0.15) is 0 Å². The quantitative estimate of drug-likeness (QED) is 0.568. The van der Waals surface area contributed by atoms with Crippen molar-refractivity contribution < 1.29 is 33.3 Å². The SMILES string of the molecule is COC1=C2O[C@@]3(C)Cc4c(cc(OC)c(OC)c4OC)C(C2=CC(=O)C1=O)[C@@H]3C. The van der Waals surface area contributed by atoms with Crippen LogP contribution >= 0.6 is 0 Å². The van der Waals surface area contributed by atoms with Crippen molar-refractivity contribution in [3.63, 3.8) is 0 Å². The predicted molar refractivity (Wildman–Crippen MR) is 103 cm³/mol. The van der Waals surface area contributed by atoms with Gasteiger partial charge in [0.05, 0.1) is 28.4 Å². The fourth-order valence-corrected chi connectivity index (χ4v) is 4.77. The Balaban J connectivity index is 2.03. The number of allylic oxidation sites excluding steroid dienone is 3. The highest BCUT2D eigenvalue weighted by Crippen LogP contribution is 2.59. The maximum absolute atomic E-state index is 12.4. The van der Waals surface area contributed by atoms with Gasteiger partial charge in [0.15, 0.2) is 17.3 Å². The van der Waals surface area contributed by atoms with Crippen LogP contribution in [0.3, 0.4) is 0 Å². The number of rotatable bonds is 4. The molecule has 1 aromatic rings. The Bertz CT molecular complexity index is 987. The third-order valence-corrected chi connectivity index (χ3v) is 6.35. The first-order valence-corrected chi connectivity index (χ1v) is 9.40. The lowest BCUT2D eigenvalue weighted by Crippen LogP contribution is -2.51. The number of hydrogen-bond donors (Lipinski definition) is 0. The third-order valence-electron chi connectivity index (χ3n) is 6.35. The number of carbonyl (C=O) groups is 2. The smallest absolute Gasteiger partial charge is 0.271 e. The van der Waals surface area contributed by atoms with Crippen molar-refractivity contribution in [1.82, 2.24) is 0 Å². The second-order valence-corrected chi connectivity index (χ2v) is 7.73. The fraction of sp³-hybridized carbons (Fsp3) is 0.455. The van der Waals surface area contributed by atoms with Crippen LogP contribution in [0.4, 0.5) is 0 Å². The number of ketones is 2. The molecular weight excluding hydrogens is 376 g/mol. The molecule has 2 bridgehead atoms. The molecule has 29 heavy (non-hydrogen) atoms. The van der Waals surface area contributed by atoms with E-state index in [1.54, 1.807) is 21.3 Å². The van der Waals surface area contributed by atoms with Gasteiger partial charge >= 0.3 is 0 Å². The van der Waals surface area contributed by atoms with E-state index in [1.165, 1.54) is 13.2 Å². The van der Waals surface area contributed by atoms with Gasteiger partial charge in [0.25, 0.3) is 5.78 Å². The van der Waals surface area contributed by atoms with Gasteiger partial charge < -0.3 is 23.7 Å². The normalized spacial score (nSPS) is 27.4. The monoisotopic (exact) mass is 400 g/mol. The van der Waals surface area contributed by atoms with E-state index in [1.807, 2.05) is 13.0 Å². The van der Waals surface area contributed by atoms with E-state index in [0.29, 0.717) is 35.0 Å². The van der Waals surface area contributed by atoms with Crippen molar-refractivity contribution in [2.24, 2.45) is 5.92 Å². The number of benzene rings is 1. The van der Waals surface area contributed by atoms with Crippen LogP contribution in [-0.2, 0) is 25.5 Å². The van der Waals surface area contributed by atoms with E-state index in [-0.39, 0.29) is 17.6 Å². The predicted octanol–water partition coefficient (Wildman–Crippen LogP) is 2.71. The Labute approximate surface area is 169 Å². The molecule has 0 N–H and O–H groups in total. The highest BCUT2D eigenvalue weighted by Gasteiger charge is 2.54. The molecule has 1 saturated heterocycles. The van der Waals surface area contributed by atoms with E-state index in [2.05, 4.69) is 6.92 Å². The Morgan fingerprint density at radius 1 is 1.03 bits per heavy atom. The molecule has 7 nitrogen and oxygen atoms in total. The van der Waals surface area contributed by atoms with E-state index in [4.69, 9.17) is 23.7 Å². The summed E-state index contributed by atoms with van der Waals surface area (Å²) in [5.74, 6) is 0.506. The minimum atomic E-state index is -0.687. The lowest BCUT2D eigenvalue weighted by molar-refractivity contribution is -0.135. The van der Waals surface area contributed by atoms with Gasteiger partial charge in [0.1, 0.15) is 5.60 Å². The van der Waals surface area contributed by atoms with Gasteiger partial charge in [-0.25, -0.2) is 0 Å². The molecular formula is C22H24O7. The summed E-state index contributed by atoms with van der Waals surface area (Å²) in [5, 5.41) is 0. The lowest BCUT2D eigenvalue weighted by atomic mass is 9.62. The summed E-state index contributed by atoms with van der Waals surface area (Å²) in [7, 11) is 6.10. The minimum absolute atomic E-state index is 0.0342. The zero-order valence-electron chi connectivity index (χ0n) is 17.4. The van der Waals surface area contributed by atoms with Crippen LogP contribution in [0.5, 0.6) is 17.2 Å². The highest BCUT2D eigenvalue weighted by atomic mass is 16.5. The summed E-state index contributed by atoms with van der Waals surface area (Å²) in [6.07, 6.45) is 1.92. The van der Waals surface area contributed by atoms with Crippen molar-refractivity contribution in [1.29, 1.82) is 0 Å². The van der Waals surface area contributed by atoms with Gasteiger partial charge in [-0.1, -0.05) is 6.92 Å². The number of ether oxygens (including phenoxy) is 5. The van der Waals surface area contributed by atoms with E-state index in [0.717, 1.165) is 11.1 Å². The zero-order valence-corrected chi connectivity index (χ0v) is 17.4. The van der Waals surface area contributed by atoms with Gasteiger partial charge in [0, 0.05) is 29.4 Å². The van der Waals surface area contributed by atoms with Crippen molar-refractivity contribution in [2.45, 2.75) is 31.8 Å². The van der Waals surface area contributed by atoms with Crippen LogP contribution in [0, 0.1) is 5.92 Å². The molecule has 7 heteroatoms. The van der Waals surface area contributed by atoms with Crippen LogP contribution in [0.15, 0.2) is 29.2 Å². The first-order chi connectivity index (χ1) is 13.8. The van der Waals surface area contributed by atoms with E-state index in [9.17, 15) is 9.59 Å². The lowest BCUT2D eigenvalue weighted by Gasteiger charge is -2.52. The fourth-order valence-electron chi connectivity index (χ4n) is 4.77. The number of carbonyl (C=O) groups excluding carboxylic acids is 2. The first kappa shape index (κ1) is 19.4. The second-order valence-electron chi connectivity index (χ2n) is 7.73. The molecule has 0 amide bonds. The number of fused-ring (bicyclic) bond motifs is 6. The van der Waals surface area contributed by atoms with Crippen LogP contribution in [0.25, 0.3) is 0 Å². The molecule has 2 aliphatic carbocycles.